The second-order valence-corrected chi connectivity index (χ2v) is 6.51. The van der Waals surface area contributed by atoms with Gasteiger partial charge in [0.2, 0.25) is 0 Å². The third-order valence-corrected chi connectivity index (χ3v) is 4.62. The van der Waals surface area contributed by atoms with Gasteiger partial charge in [0, 0.05) is 21.2 Å². The van der Waals surface area contributed by atoms with Crippen LogP contribution in [0.15, 0.2) is 66.7 Å². The molecule has 3 rings (SSSR count). The van der Waals surface area contributed by atoms with Gasteiger partial charge in [-0.15, -0.1) is 0 Å². The molecule has 0 spiro atoms. The van der Waals surface area contributed by atoms with Gasteiger partial charge in [-0.1, -0.05) is 65.7 Å². The Kier molecular flexibility index (Phi) is 6.22. The number of rotatable bonds is 7. The summed E-state index contributed by atoms with van der Waals surface area (Å²) in [7, 11) is 0. The number of benzene rings is 3. The lowest BCUT2D eigenvalue weighted by Crippen LogP contribution is -2.06. The summed E-state index contributed by atoms with van der Waals surface area (Å²) in [5.74, 6) is -0.633. The SMILES string of the molecule is O=C(O)c1cccc(OCc2ccccc2Cl)c1OCc1ccccc1Cl. The van der Waals surface area contributed by atoms with Gasteiger partial charge in [0.15, 0.2) is 11.5 Å². The topological polar surface area (TPSA) is 55.8 Å². The van der Waals surface area contributed by atoms with E-state index < -0.39 is 5.97 Å². The molecule has 138 valence electrons. The molecule has 0 aliphatic rings. The Bertz CT molecular complexity index is 956. The summed E-state index contributed by atoms with van der Waals surface area (Å²) >= 11 is 12.3. The second-order valence-electron chi connectivity index (χ2n) is 5.70. The van der Waals surface area contributed by atoms with E-state index in [9.17, 15) is 9.90 Å². The fourth-order valence-electron chi connectivity index (χ4n) is 2.48. The van der Waals surface area contributed by atoms with Gasteiger partial charge in [-0.3, -0.25) is 0 Å². The van der Waals surface area contributed by atoms with E-state index in [4.69, 9.17) is 32.7 Å². The maximum Gasteiger partial charge on any atom is 0.339 e. The molecule has 0 unspecified atom stereocenters. The van der Waals surface area contributed by atoms with E-state index in [1.807, 2.05) is 36.4 Å². The van der Waals surface area contributed by atoms with Crippen LogP contribution in [0.2, 0.25) is 10.0 Å². The molecule has 0 radical (unpaired) electrons. The zero-order valence-electron chi connectivity index (χ0n) is 14.2. The van der Waals surface area contributed by atoms with Crippen molar-refractivity contribution < 1.29 is 19.4 Å². The Morgan fingerprint density at radius 1 is 0.778 bits per heavy atom. The van der Waals surface area contributed by atoms with Gasteiger partial charge in [0.05, 0.1) is 0 Å². The van der Waals surface area contributed by atoms with Gasteiger partial charge in [-0.2, -0.15) is 0 Å². The summed E-state index contributed by atoms with van der Waals surface area (Å²) in [4.78, 5) is 11.6. The molecule has 6 heteroatoms. The van der Waals surface area contributed by atoms with Gasteiger partial charge < -0.3 is 14.6 Å². The molecule has 0 saturated carbocycles. The molecule has 0 aliphatic carbocycles. The van der Waals surface area contributed by atoms with Crippen LogP contribution in [-0.4, -0.2) is 11.1 Å². The van der Waals surface area contributed by atoms with E-state index >= 15 is 0 Å². The number of hydrogen-bond donors (Lipinski definition) is 1. The molecule has 0 amide bonds. The monoisotopic (exact) mass is 402 g/mol. The van der Waals surface area contributed by atoms with Gasteiger partial charge in [0.1, 0.15) is 18.8 Å². The summed E-state index contributed by atoms with van der Waals surface area (Å²) in [6.07, 6.45) is 0. The molecule has 0 bridgehead atoms. The van der Waals surface area contributed by atoms with Crippen molar-refractivity contribution in [2.75, 3.05) is 0 Å². The van der Waals surface area contributed by atoms with E-state index in [0.29, 0.717) is 15.8 Å². The van der Waals surface area contributed by atoms with Crippen LogP contribution in [-0.2, 0) is 13.2 Å². The van der Waals surface area contributed by atoms with Crippen molar-refractivity contribution in [3.05, 3.63) is 93.5 Å². The molecule has 1 N–H and O–H groups in total. The van der Waals surface area contributed by atoms with Crippen molar-refractivity contribution in [2.24, 2.45) is 0 Å². The summed E-state index contributed by atoms with van der Waals surface area (Å²) in [6, 6.07) is 19.2. The van der Waals surface area contributed by atoms with Crippen molar-refractivity contribution in [1.29, 1.82) is 0 Å². The van der Waals surface area contributed by atoms with Crippen LogP contribution >= 0.6 is 23.2 Å². The molecule has 0 atom stereocenters. The Morgan fingerprint density at radius 2 is 1.33 bits per heavy atom. The van der Waals surface area contributed by atoms with Crippen LogP contribution < -0.4 is 9.47 Å². The molecule has 0 aliphatic heterocycles. The summed E-state index contributed by atoms with van der Waals surface area (Å²) in [5.41, 5.74) is 1.55. The second kappa shape index (κ2) is 8.80. The van der Waals surface area contributed by atoms with E-state index in [1.165, 1.54) is 6.07 Å². The third kappa shape index (κ3) is 4.73. The third-order valence-electron chi connectivity index (χ3n) is 3.88. The first kappa shape index (κ1) is 19.1. The first-order valence-electron chi connectivity index (χ1n) is 8.15. The lowest BCUT2D eigenvalue weighted by Gasteiger charge is -2.16. The van der Waals surface area contributed by atoms with Crippen molar-refractivity contribution in [3.63, 3.8) is 0 Å². The maximum atomic E-state index is 11.6. The van der Waals surface area contributed by atoms with Gasteiger partial charge in [-0.25, -0.2) is 4.79 Å². The highest BCUT2D eigenvalue weighted by Gasteiger charge is 2.17. The number of para-hydroxylation sites is 1. The molecule has 0 aromatic heterocycles. The van der Waals surface area contributed by atoms with E-state index in [2.05, 4.69) is 0 Å². The number of hydrogen-bond acceptors (Lipinski definition) is 3. The fraction of sp³-hybridized carbons (Fsp3) is 0.0952. The van der Waals surface area contributed by atoms with E-state index in [1.54, 1.807) is 24.3 Å². The number of ether oxygens (including phenoxy) is 2. The number of carboxylic acids is 1. The minimum atomic E-state index is -1.10. The zero-order valence-corrected chi connectivity index (χ0v) is 15.7. The summed E-state index contributed by atoms with van der Waals surface area (Å²) < 4.78 is 11.6. The average Bonchev–Trinajstić information content (AvgIpc) is 2.67. The highest BCUT2D eigenvalue weighted by molar-refractivity contribution is 6.31. The van der Waals surface area contributed by atoms with Gasteiger partial charge >= 0.3 is 5.97 Å². The number of halogens is 2. The minimum Gasteiger partial charge on any atom is -0.485 e. The van der Waals surface area contributed by atoms with Crippen LogP contribution in [0.4, 0.5) is 0 Å². The van der Waals surface area contributed by atoms with Crippen molar-refractivity contribution in [2.45, 2.75) is 13.2 Å². The molecule has 0 heterocycles. The average molecular weight is 403 g/mol. The maximum absolute atomic E-state index is 11.6. The van der Waals surface area contributed by atoms with Crippen molar-refractivity contribution in [1.82, 2.24) is 0 Å². The standard InChI is InChI=1S/C21H16Cl2O4/c22-17-9-3-1-6-14(17)12-26-19-11-5-8-16(21(24)25)20(19)27-13-15-7-2-4-10-18(15)23/h1-11H,12-13H2,(H,24,25). The first-order valence-corrected chi connectivity index (χ1v) is 8.90. The van der Waals surface area contributed by atoms with Crippen LogP contribution in [0.3, 0.4) is 0 Å². The quantitative estimate of drug-likeness (QED) is 0.538. The molecule has 3 aromatic carbocycles. The predicted octanol–water partition coefficient (Wildman–Crippen LogP) is 5.85. The molecular formula is C21H16Cl2O4. The molecule has 27 heavy (non-hydrogen) atoms. The lowest BCUT2D eigenvalue weighted by molar-refractivity contribution is 0.0690. The Morgan fingerprint density at radius 3 is 1.89 bits per heavy atom. The van der Waals surface area contributed by atoms with Crippen LogP contribution in [0.1, 0.15) is 21.5 Å². The Balaban J connectivity index is 1.85. The van der Waals surface area contributed by atoms with Crippen molar-refractivity contribution >= 4 is 29.2 Å². The summed E-state index contributed by atoms with van der Waals surface area (Å²) in [6.45, 7) is 0.303. The first-order chi connectivity index (χ1) is 13.1. The highest BCUT2D eigenvalue weighted by atomic mass is 35.5. The molecule has 0 fully saturated rings. The number of carboxylic acid groups (broad SMARTS) is 1. The number of carbonyl (C=O) groups is 1. The normalized spacial score (nSPS) is 10.4. The minimum absolute atomic E-state index is 0.0127. The lowest BCUT2D eigenvalue weighted by atomic mass is 10.1. The summed E-state index contributed by atoms with van der Waals surface area (Å²) in [5, 5.41) is 10.6. The van der Waals surface area contributed by atoms with E-state index in [0.717, 1.165) is 11.1 Å². The van der Waals surface area contributed by atoms with Crippen LogP contribution in [0.5, 0.6) is 11.5 Å². The fourth-order valence-corrected chi connectivity index (χ4v) is 2.86. The van der Waals surface area contributed by atoms with E-state index in [-0.39, 0.29) is 24.5 Å². The molecular weight excluding hydrogens is 387 g/mol. The van der Waals surface area contributed by atoms with Gasteiger partial charge in [-0.05, 0) is 24.3 Å². The Hall–Kier alpha value is -2.69. The molecule has 4 nitrogen and oxygen atoms in total. The highest BCUT2D eigenvalue weighted by Crippen LogP contribution is 2.33. The Labute approximate surface area is 166 Å². The van der Waals surface area contributed by atoms with Crippen LogP contribution in [0, 0.1) is 0 Å². The molecule has 0 saturated heterocycles. The molecule has 3 aromatic rings. The smallest absolute Gasteiger partial charge is 0.339 e. The van der Waals surface area contributed by atoms with Crippen molar-refractivity contribution in [3.8, 4) is 11.5 Å². The number of aromatic carboxylic acids is 1. The predicted molar refractivity (Wildman–Crippen MR) is 105 cm³/mol. The zero-order chi connectivity index (χ0) is 19.2. The van der Waals surface area contributed by atoms with Crippen LogP contribution in [0.25, 0.3) is 0 Å². The van der Waals surface area contributed by atoms with Gasteiger partial charge in [0.25, 0.3) is 0 Å². The largest absolute Gasteiger partial charge is 0.485 e.